The number of carbonyl (C=O) groups is 1. The van der Waals surface area contributed by atoms with Crippen LogP contribution in [-0.2, 0) is 15.1 Å². The Hall–Kier alpha value is -1.31. The number of fused-ring (bicyclic) bond motifs is 1. The van der Waals surface area contributed by atoms with Gasteiger partial charge in [0, 0.05) is 5.92 Å². The van der Waals surface area contributed by atoms with Gasteiger partial charge < -0.3 is 4.74 Å². The van der Waals surface area contributed by atoms with Crippen LogP contribution in [0.25, 0.3) is 0 Å². The maximum absolute atomic E-state index is 11.5. The molecule has 1 saturated carbocycles. The number of aryl methyl sites for hydroxylation is 1. The normalized spacial score (nSPS) is 32.6. The fourth-order valence-electron chi connectivity index (χ4n) is 3.17. The van der Waals surface area contributed by atoms with E-state index in [1.165, 1.54) is 17.5 Å². The highest BCUT2D eigenvalue weighted by molar-refractivity contribution is 5.73. The largest absolute Gasteiger partial charge is 0.454 e. The van der Waals surface area contributed by atoms with Crippen LogP contribution in [0.1, 0.15) is 36.8 Å². The maximum atomic E-state index is 11.5. The fraction of sp³-hybridized carbons (Fsp3) is 0.500. The van der Waals surface area contributed by atoms with Crippen molar-refractivity contribution in [2.24, 2.45) is 5.92 Å². The zero-order valence-corrected chi connectivity index (χ0v) is 9.53. The average molecular weight is 216 g/mol. The van der Waals surface area contributed by atoms with Crippen LogP contribution in [0.4, 0.5) is 0 Å². The SMILES string of the molecule is Cc1ccc([C@]23CCC[C@@H]2CC(=O)O3)cc1. The summed E-state index contributed by atoms with van der Waals surface area (Å²) >= 11 is 0. The summed E-state index contributed by atoms with van der Waals surface area (Å²) in [6, 6.07) is 8.44. The second-order valence-corrected chi connectivity index (χ2v) is 5.02. The first-order valence-corrected chi connectivity index (χ1v) is 6.00. The summed E-state index contributed by atoms with van der Waals surface area (Å²) in [5.41, 5.74) is 2.15. The highest BCUT2D eigenvalue weighted by Gasteiger charge is 2.53. The molecule has 2 fully saturated rings. The number of esters is 1. The second-order valence-electron chi connectivity index (χ2n) is 5.02. The molecule has 0 aromatic heterocycles. The molecule has 1 aliphatic carbocycles. The minimum absolute atomic E-state index is 0.0229. The quantitative estimate of drug-likeness (QED) is 0.675. The number of rotatable bonds is 1. The summed E-state index contributed by atoms with van der Waals surface area (Å²) in [5.74, 6) is 0.382. The maximum Gasteiger partial charge on any atom is 0.307 e. The predicted octanol–water partition coefficient (Wildman–Crippen LogP) is 2.94. The van der Waals surface area contributed by atoms with Crippen molar-refractivity contribution in [3.63, 3.8) is 0 Å². The first kappa shape index (κ1) is 9.88. The van der Waals surface area contributed by atoms with Crippen LogP contribution < -0.4 is 0 Å². The molecule has 3 rings (SSSR count). The molecule has 0 amide bonds. The van der Waals surface area contributed by atoms with Gasteiger partial charge in [0.2, 0.25) is 0 Å². The fourth-order valence-corrected chi connectivity index (χ4v) is 3.17. The van der Waals surface area contributed by atoms with Gasteiger partial charge in [-0.05, 0) is 31.7 Å². The van der Waals surface area contributed by atoms with E-state index < -0.39 is 0 Å². The molecule has 0 N–H and O–H groups in total. The molecule has 84 valence electrons. The summed E-state index contributed by atoms with van der Waals surface area (Å²) in [6.07, 6.45) is 3.89. The standard InChI is InChI=1S/C14H16O2/c1-10-4-6-11(7-5-10)14-8-2-3-12(14)9-13(15)16-14/h4-7,12H,2-3,8-9H2,1H3/t12-,14-/m1/s1. The molecule has 1 aliphatic heterocycles. The van der Waals surface area contributed by atoms with E-state index in [2.05, 4.69) is 31.2 Å². The van der Waals surface area contributed by atoms with Gasteiger partial charge >= 0.3 is 5.97 Å². The average Bonchev–Trinajstić information content (AvgIpc) is 2.75. The van der Waals surface area contributed by atoms with Crippen LogP contribution in [0.5, 0.6) is 0 Å². The molecule has 16 heavy (non-hydrogen) atoms. The molecule has 0 spiro atoms. The summed E-state index contributed by atoms with van der Waals surface area (Å²) in [4.78, 5) is 11.5. The molecule has 0 unspecified atom stereocenters. The second kappa shape index (κ2) is 3.34. The van der Waals surface area contributed by atoms with E-state index in [4.69, 9.17) is 4.74 Å². The Morgan fingerprint density at radius 3 is 2.81 bits per heavy atom. The van der Waals surface area contributed by atoms with Gasteiger partial charge in [0.15, 0.2) is 0 Å². The highest BCUT2D eigenvalue weighted by Crippen LogP contribution is 2.52. The van der Waals surface area contributed by atoms with E-state index in [1.807, 2.05) is 0 Å². The van der Waals surface area contributed by atoms with Crippen LogP contribution in [0.3, 0.4) is 0 Å². The minimum Gasteiger partial charge on any atom is -0.454 e. The van der Waals surface area contributed by atoms with Gasteiger partial charge in [-0.2, -0.15) is 0 Å². The molecule has 1 aromatic rings. The van der Waals surface area contributed by atoms with E-state index in [9.17, 15) is 4.79 Å². The third-order valence-corrected chi connectivity index (χ3v) is 4.01. The van der Waals surface area contributed by atoms with E-state index in [0.717, 1.165) is 12.8 Å². The topological polar surface area (TPSA) is 26.3 Å². The lowest BCUT2D eigenvalue weighted by Gasteiger charge is -2.28. The molecule has 0 radical (unpaired) electrons. The van der Waals surface area contributed by atoms with Crippen molar-refractivity contribution >= 4 is 5.97 Å². The van der Waals surface area contributed by atoms with Gasteiger partial charge in [0.05, 0.1) is 6.42 Å². The number of hydrogen-bond donors (Lipinski definition) is 0. The number of carbonyl (C=O) groups excluding carboxylic acids is 1. The Morgan fingerprint density at radius 1 is 1.31 bits per heavy atom. The Labute approximate surface area is 95.6 Å². The van der Waals surface area contributed by atoms with Crippen LogP contribution in [0.15, 0.2) is 24.3 Å². The third kappa shape index (κ3) is 1.29. The molecule has 2 nitrogen and oxygen atoms in total. The summed E-state index contributed by atoms with van der Waals surface area (Å²) in [7, 11) is 0. The van der Waals surface area contributed by atoms with Gasteiger partial charge in [0.1, 0.15) is 5.60 Å². The van der Waals surface area contributed by atoms with Crippen molar-refractivity contribution in [2.75, 3.05) is 0 Å². The first-order valence-electron chi connectivity index (χ1n) is 6.00. The Bertz CT molecular complexity index is 421. The third-order valence-electron chi connectivity index (χ3n) is 4.01. The molecular formula is C14H16O2. The smallest absolute Gasteiger partial charge is 0.307 e. The number of benzene rings is 1. The Balaban J connectivity index is 2.03. The highest BCUT2D eigenvalue weighted by atomic mass is 16.6. The first-order chi connectivity index (χ1) is 7.71. The molecule has 2 heteroatoms. The Kier molecular flexibility index (Phi) is 2.06. The van der Waals surface area contributed by atoms with Crippen molar-refractivity contribution in [3.05, 3.63) is 35.4 Å². The lowest BCUT2D eigenvalue weighted by molar-refractivity contribution is -0.149. The summed E-state index contributed by atoms with van der Waals surface area (Å²) in [6.45, 7) is 2.08. The van der Waals surface area contributed by atoms with E-state index in [1.54, 1.807) is 0 Å². The minimum atomic E-state index is -0.287. The van der Waals surface area contributed by atoms with Gasteiger partial charge in [0.25, 0.3) is 0 Å². The molecule has 2 aliphatic rings. The molecule has 1 aromatic carbocycles. The lowest BCUT2D eigenvalue weighted by atomic mass is 9.84. The molecular weight excluding hydrogens is 200 g/mol. The van der Waals surface area contributed by atoms with Crippen molar-refractivity contribution in [1.82, 2.24) is 0 Å². The van der Waals surface area contributed by atoms with Crippen LogP contribution in [0, 0.1) is 12.8 Å². The van der Waals surface area contributed by atoms with Crippen LogP contribution in [0.2, 0.25) is 0 Å². The summed E-state index contributed by atoms with van der Waals surface area (Å²) in [5, 5.41) is 0. The monoisotopic (exact) mass is 216 g/mol. The van der Waals surface area contributed by atoms with Crippen molar-refractivity contribution in [2.45, 2.75) is 38.2 Å². The van der Waals surface area contributed by atoms with Crippen LogP contribution >= 0.6 is 0 Å². The number of ether oxygens (including phenoxy) is 1. The molecule has 0 bridgehead atoms. The van der Waals surface area contributed by atoms with Crippen molar-refractivity contribution in [1.29, 1.82) is 0 Å². The van der Waals surface area contributed by atoms with E-state index in [-0.39, 0.29) is 11.6 Å². The lowest BCUT2D eigenvalue weighted by Crippen LogP contribution is -2.27. The predicted molar refractivity (Wildman–Crippen MR) is 60.9 cm³/mol. The van der Waals surface area contributed by atoms with E-state index >= 15 is 0 Å². The summed E-state index contributed by atoms with van der Waals surface area (Å²) < 4.78 is 5.66. The van der Waals surface area contributed by atoms with Crippen molar-refractivity contribution < 1.29 is 9.53 Å². The van der Waals surface area contributed by atoms with Gasteiger partial charge in [-0.3, -0.25) is 4.79 Å². The molecule has 1 saturated heterocycles. The molecule has 2 atom stereocenters. The van der Waals surface area contributed by atoms with Crippen LogP contribution in [-0.4, -0.2) is 5.97 Å². The number of hydrogen-bond acceptors (Lipinski definition) is 2. The zero-order valence-electron chi connectivity index (χ0n) is 9.53. The Morgan fingerprint density at radius 2 is 2.06 bits per heavy atom. The van der Waals surface area contributed by atoms with Crippen molar-refractivity contribution in [3.8, 4) is 0 Å². The van der Waals surface area contributed by atoms with Gasteiger partial charge in [-0.25, -0.2) is 0 Å². The van der Waals surface area contributed by atoms with Gasteiger partial charge in [-0.1, -0.05) is 29.8 Å². The van der Waals surface area contributed by atoms with Gasteiger partial charge in [-0.15, -0.1) is 0 Å². The van der Waals surface area contributed by atoms with E-state index in [0.29, 0.717) is 12.3 Å². The zero-order chi connectivity index (χ0) is 11.2. The molecule has 1 heterocycles.